The second-order valence-corrected chi connectivity index (χ2v) is 4.83. The van der Waals surface area contributed by atoms with E-state index in [1.807, 2.05) is 6.92 Å². The van der Waals surface area contributed by atoms with Crippen LogP contribution < -0.4 is 10.6 Å². The van der Waals surface area contributed by atoms with Gasteiger partial charge in [-0.1, -0.05) is 13.8 Å². The molecule has 0 saturated carbocycles. The van der Waals surface area contributed by atoms with Crippen molar-refractivity contribution >= 4 is 22.9 Å². The fraction of sp³-hybridized carbons (Fsp3) is 0.643. The summed E-state index contributed by atoms with van der Waals surface area (Å²) in [6.07, 6.45) is 2.73. The highest BCUT2D eigenvalue weighted by molar-refractivity contribution is 5.83. The predicted molar refractivity (Wildman–Crippen MR) is 86.7 cm³/mol. The van der Waals surface area contributed by atoms with Gasteiger partial charge >= 0.3 is 0 Å². The molecule has 0 spiro atoms. The van der Waals surface area contributed by atoms with Gasteiger partial charge in [-0.25, -0.2) is 4.98 Å². The average Bonchev–Trinajstić information content (AvgIpc) is 2.96. The van der Waals surface area contributed by atoms with E-state index in [9.17, 15) is 0 Å². The summed E-state index contributed by atoms with van der Waals surface area (Å²) in [5, 5.41) is 6.52. The molecule has 3 N–H and O–H groups in total. The maximum Gasteiger partial charge on any atom is 0.226 e. The molecule has 2 heterocycles. The lowest BCUT2D eigenvalue weighted by Gasteiger charge is -2.17. The molecule has 2 aromatic rings. The SMILES string of the molecule is CCNc1nc(NCCCN(CC)CC)c2[nH]cnc2n1. The molecule has 116 valence electrons. The zero-order valence-electron chi connectivity index (χ0n) is 13.1. The molecule has 0 atom stereocenters. The molecule has 0 radical (unpaired) electrons. The molecule has 0 aromatic carbocycles. The number of hydrogen-bond donors (Lipinski definition) is 3. The summed E-state index contributed by atoms with van der Waals surface area (Å²) >= 11 is 0. The normalized spacial score (nSPS) is 11.2. The molecule has 21 heavy (non-hydrogen) atoms. The van der Waals surface area contributed by atoms with Gasteiger partial charge in [0, 0.05) is 13.1 Å². The molecule has 0 aliphatic carbocycles. The Balaban J connectivity index is 1.98. The fourth-order valence-corrected chi connectivity index (χ4v) is 2.25. The van der Waals surface area contributed by atoms with Gasteiger partial charge in [0.25, 0.3) is 0 Å². The third-order valence-corrected chi connectivity index (χ3v) is 3.46. The number of hydrogen-bond acceptors (Lipinski definition) is 6. The summed E-state index contributed by atoms with van der Waals surface area (Å²) in [6.45, 7) is 11.4. The van der Waals surface area contributed by atoms with Crippen molar-refractivity contribution in [1.82, 2.24) is 24.8 Å². The highest BCUT2D eigenvalue weighted by Gasteiger charge is 2.09. The lowest BCUT2D eigenvalue weighted by atomic mass is 10.3. The molecule has 0 fully saturated rings. The first kappa shape index (κ1) is 15.5. The van der Waals surface area contributed by atoms with Crippen LogP contribution in [0.4, 0.5) is 11.8 Å². The van der Waals surface area contributed by atoms with E-state index in [4.69, 9.17) is 0 Å². The summed E-state index contributed by atoms with van der Waals surface area (Å²) in [4.78, 5) is 18.6. The lowest BCUT2D eigenvalue weighted by molar-refractivity contribution is 0.303. The first-order chi connectivity index (χ1) is 10.3. The number of aromatic amines is 1. The molecule has 0 unspecified atom stereocenters. The van der Waals surface area contributed by atoms with E-state index < -0.39 is 0 Å². The van der Waals surface area contributed by atoms with Crippen molar-refractivity contribution < 1.29 is 0 Å². The Morgan fingerprint density at radius 2 is 1.95 bits per heavy atom. The van der Waals surface area contributed by atoms with E-state index in [2.05, 4.69) is 49.3 Å². The molecule has 0 amide bonds. The zero-order valence-corrected chi connectivity index (χ0v) is 13.1. The molecule has 0 saturated heterocycles. The first-order valence-electron chi connectivity index (χ1n) is 7.69. The molecular formula is C14H25N7. The van der Waals surface area contributed by atoms with Crippen molar-refractivity contribution in [2.45, 2.75) is 27.2 Å². The zero-order chi connectivity index (χ0) is 15.1. The monoisotopic (exact) mass is 291 g/mol. The summed E-state index contributed by atoms with van der Waals surface area (Å²) in [5.74, 6) is 1.43. The van der Waals surface area contributed by atoms with Crippen LogP contribution in [0.25, 0.3) is 11.2 Å². The molecule has 0 aliphatic heterocycles. The molecule has 0 bridgehead atoms. The second kappa shape index (κ2) is 7.78. The fourth-order valence-electron chi connectivity index (χ4n) is 2.25. The molecule has 7 heteroatoms. The van der Waals surface area contributed by atoms with Gasteiger partial charge in [0.05, 0.1) is 6.33 Å². The highest BCUT2D eigenvalue weighted by atomic mass is 15.2. The Labute approximate surface area is 125 Å². The van der Waals surface area contributed by atoms with E-state index in [1.165, 1.54) is 0 Å². The number of nitrogens with zero attached hydrogens (tertiary/aromatic N) is 4. The second-order valence-electron chi connectivity index (χ2n) is 4.83. The van der Waals surface area contributed by atoms with Crippen LogP contribution in [0.5, 0.6) is 0 Å². The standard InChI is InChI=1S/C14H25N7/c1-4-15-14-19-12(11-13(20-14)18-10-17-11)16-8-7-9-21(5-2)6-3/h10H,4-9H2,1-3H3,(H3,15,16,17,18,19,20). The van der Waals surface area contributed by atoms with E-state index in [0.717, 1.165) is 50.5 Å². The van der Waals surface area contributed by atoms with Crippen LogP contribution in [-0.4, -0.2) is 57.6 Å². The van der Waals surface area contributed by atoms with Gasteiger partial charge in [0.2, 0.25) is 5.95 Å². The van der Waals surface area contributed by atoms with Gasteiger partial charge in [0.15, 0.2) is 11.5 Å². The Bertz CT molecular complexity index is 547. The summed E-state index contributed by atoms with van der Waals surface area (Å²) < 4.78 is 0. The molecule has 7 nitrogen and oxygen atoms in total. The van der Waals surface area contributed by atoms with E-state index in [0.29, 0.717) is 11.6 Å². The van der Waals surface area contributed by atoms with Gasteiger partial charge in [-0.3, -0.25) is 0 Å². The van der Waals surface area contributed by atoms with Crippen molar-refractivity contribution in [1.29, 1.82) is 0 Å². The largest absolute Gasteiger partial charge is 0.368 e. The quantitative estimate of drug-likeness (QED) is 0.612. The third-order valence-electron chi connectivity index (χ3n) is 3.46. The number of H-pyrrole nitrogens is 1. The van der Waals surface area contributed by atoms with Gasteiger partial charge in [-0.15, -0.1) is 0 Å². The molecule has 2 rings (SSSR count). The Morgan fingerprint density at radius 3 is 2.67 bits per heavy atom. The van der Waals surface area contributed by atoms with E-state index >= 15 is 0 Å². The van der Waals surface area contributed by atoms with Crippen molar-refractivity contribution in [3.8, 4) is 0 Å². The van der Waals surface area contributed by atoms with Crippen LogP contribution in [-0.2, 0) is 0 Å². The summed E-state index contributed by atoms with van der Waals surface area (Å²) in [7, 11) is 0. The van der Waals surface area contributed by atoms with Crippen LogP contribution in [0.3, 0.4) is 0 Å². The van der Waals surface area contributed by atoms with Crippen LogP contribution in [0.2, 0.25) is 0 Å². The van der Waals surface area contributed by atoms with Gasteiger partial charge in [0.1, 0.15) is 5.52 Å². The topological polar surface area (TPSA) is 81.8 Å². The minimum Gasteiger partial charge on any atom is -0.368 e. The minimum absolute atomic E-state index is 0.614. The highest BCUT2D eigenvalue weighted by Crippen LogP contribution is 2.18. The van der Waals surface area contributed by atoms with Crippen LogP contribution in [0, 0.1) is 0 Å². The average molecular weight is 291 g/mol. The molecule has 0 aliphatic rings. The van der Waals surface area contributed by atoms with Gasteiger partial charge in [-0.05, 0) is 33.0 Å². The first-order valence-corrected chi connectivity index (χ1v) is 7.69. The summed E-state index contributed by atoms with van der Waals surface area (Å²) in [6, 6.07) is 0. The van der Waals surface area contributed by atoms with E-state index in [1.54, 1.807) is 6.33 Å². The minimum atomic E-state index is 0.614. The maximum absolute atomic E-state index is 4.50. The number of rotatable bonds is 9. The Hall–Kier alpha value is -1.89. The van der Waals surface area contributed by atoms with Crippen molar-refractivity contribution in [2.75, 3.05) is 43.4 Å². The number of fused-ring (bicyclic) bond motifs is 1. The molecule has 2 aromatic heterocycles. The number of nitrogens with one attached hydrogen (secondary N) is 3. The maximum atomic E-state index is 4.50. The summed E-state index contributed by atoms with van der Waals surface area (Å²) in [5.41, 5.74) is 1.55. The third kappa shape index (κ3) is 4.04. The number of anilines is 2. The van der Waals surface area contributed by atoms with Crippen LogP contribution >= 0.6 is 0 Å². The number of aromatic nitrogens is 4. The Kier molecular flexibility index (Phi) is 5.74. The van der Waals surface area contributed by atoms with Gasteiger partial charge in [-0.2, -0.15) is 9.97 Å². The number of imidazole rings is 1. The smallest absolute Gasteiger partial charge is 0.226 e. The van der Waals surface area contributed by atoms with Crippen LogP contribution in [0.15, 0.2) is 6.33 Å². The van der Waals surface area contributed by atoms with E-state index in [-0.39, 0.29) is 0 Å². The lowest BCUT2D eigenvalue weighted by Crippen LogP contribution is -2.25. The predicted octanol–water partition coefficient (Wildman–Crippen LogP) is 1.93. The Morgan fingerprint density at radius 1 is 1.14 bits per heavy atom. The molecular weight excluding hydrogens is 266 g/mol. The van der Waals surface area contributed by atoms with Crippen LogP contribution in [0.1, 0.15) is 27.2 Å². The van der Waals surface area contributed by atoms with Gasteiger partial charge < -0.3 is 20.5 Å². The van der Waals surface area contributed by atoms with Crippen molar-refractivity contribution in [2.24, 2.45) is 0 Å². The van der Waals surface area contributed by atoms with Crippen molar-refractivity contribution in [3.05, 3.63) is 6.33 Å². The van der Waals surface area contributed by atoms with Crippen molar-refractivity contribution in [3.63, 3.8) is 0 Å².